The van der Waals surface area contributed by atoms with Crippen molar-refractivity contribution in [2.75, 3.05) is 0 Å². The molecule has 0 aliphatic carbocycles. The van der Waals surface area contributed by atoms with E-state index in [1.807, 2.05) is 0 Å². The summed E-state index contributed by atoms with van der Waals surface area (Å²) in [6.45, 7) is 0. The van der Waals surface area contributed by atoms with Gasteiger partial charge in [0.2, 0.25) is 0 Å². The van der Waals surface area contributed by atoms with Gasteiger partial charge in [0.15, 0.2) is 0 Å². The maximum atomic E-state index is 0. The molecule has 0 saturated heterocycles. The fraction of sp³-hybridized carbons (Fsp3) is 0. The van der Waals surface area contributed by atoms with E-state index in [1.165, 1.54) is 0 Å². The Hall–Kier alpha value is 1.38. The van der Waals surface area contributed by atoms with E-state index in [2.05, 4.69) is 0 Å². The van der Waals surface area contributed by atoms with Gasteiger partial charge >= 0.3 is 0 Å². The van der Waals surface area contributed by atoms with Gasteiger partial charge in [-0.25, -0.2) is 0 Å². The van der Waals surface area contributed by atoms with Crippen molar-refractivity contribution in [2.24, 2.45) is 0 Å². The third-order valence-electron chi connectivity index (χ3n) is 0. The van der Waals surface area contributed by atoms with Crippen molar-refractivity contribution in [1.29, 1.82) is 0 Å². The molecule has 0 amide bonds. The maximum Gasteiger partial charge on any atom is -0.107 e. The van der Waals surface area contributed by atoms with Crippen LogP contribution in [0.3, 0.4) is 0 Å². The lowest BCUT2D eigenvalue weighted by atomic mass is 14.0. The van der Waals surface area contributed by atoms with Crippen molar-refractivity contribution in [3.8, 4) is 0 Å². The summed E-state index contributed by atoms with van der Waals surface area (Å²) in [6.07, 6.45) is 0. The van der Waals surface area contributed by atoms with Crippen LogP contribution >= 0.6 is 48.0 Å². The Morgan fingerprint density at radius 1 is 0.500 bits per heavy atom. The largest absolute Gasteiger partial charge is 0.344 e. The molecule has 0 aliphatic rings. The summed E-state index contributed by atoms with van der Waals surface area (Å²) in [4.78, 5) is 0. The van der Waals surface area contributed by atoms with Crippen LogP contribution in [-0.4, -0.2) is 0 Å². The molecule has 0 spiro atoms. The topological polar surface area (TPSA) is 70.0 Å². The maximum absolute atomic E-state index is 0. The number of halogens is 2. The molecule has 0 rings (SSSR count). The zero-order valence-corrected chi connectivity index (χ0v) is 6.89. The van der Waals surface area contributed by atoms with E-state index in [1.54, 1.807) is 0 Å². The summed E-state index contributed by atoms with van der Waals surface area (Å²) in [5.74, 6) is 0. The molecule has 0 heterocycles. The molecule has 0 aliphatic heterocycles. The quantitative estimate of drug-likeness (QED) is 0.665. The summed E-state index contributed by atoms with van der Waals surface area (Å²) >= 11 is 0. The lowest BCUT2D eigenvalue weighted by Crippen LogP contribution is -0.482. The zero-order valence-electron chi connectivity index (χ0n) is 2.23. The highest BCUT2D eigenvalue weighted by molar-refractivity contribution is 14.0. The first-order valence-corrected chi connectivity index (χ1v) is 0. The molecule has 0 fully saturated rings. The molecule has 0 saturated carbocycles. The normalized spacial score (nSPS) is 0. The Morgan fingerprint density at radius 2 is 0.500 bits per heavy atom. The molecular formula is H8I2N2. The van der Waals surface area contributed by atoms with E-state index in [4.69, 9.17) is 0 Å². The average molecular weight is 290 g/mol. The minimum Gasteiger partial charge on any atom is -0.344 e. The van der Waals surface area contributed by atoms with Crippen molar-refractivity contribution in [3.63, 3.8) is 0 Å². The summed E-state index contributed by atoms with van der Waals surface area (Å²) in [6, 6.07) is 0. The first kappa shape index (κ1) is 54.2. The second-order valence-corrected chi connectivity index (χ2v) is 0. The molecule has 0 atom stereocenters. The van der Waals surface area contributed by atoms with E-state index in [0.717, 1.165) is 0 Å². The minimum atomic E-state index is 0. The molecule has 4 heteroatoms. The molecule has 0 aromatic rings. The molecule has 6 N–H and O–H groups in total. The van der Waals surface area contributed by atoms with Crippen LogP contribution in [-0.2, 0) is 0 Å². The smallest absolute Gasteiger partial charge is 0.107 e. The van der Waals surface area contributed by atoms with Gasteiger partial charge in [-0.05, 0) is 0 Å². The molecule has 0 unspecified atom stereocenters. The molecule has 0 aromatic carbocycles. The molecule has 0 aromatic heterocycles. The van der Waals surface area contributed by atoms with Crippen LogP contribution in [0, 0.1) is 0 Å². The van der Waals surface area contributed by atoms with E-state index < -0.39 is 0 Å². The SMILES string of the molecule is I.I.N.N. The van der Waals surface area contributed by atoms with Crippen molar-refractivity contribution in [1.82, 2.24) is 12.3 Å². The fourth-order valence-electron chi connectivity index (χ4n) is 0. The van der Waals surface area contributed by atoms with Gasteiger partial charge in [0.05, 0.1) is 0 Å². The predicted octanol–water partition coefficient (Wildman–Crippen LogP) is 1.56. The molecule has 0 bridgehead atoms. The monoisotopic (exact) mass is 290 g/mol. The highest BCUT2D eigenvalue weighted by Crippen LogP contribution is 0.887. The standard InChI is InChI=1S/2HI.2H3N/h2*1H;2*1H3. The summed E-state index contributed by atoms with van der Waals surface area (Å²) in [5.41, 5.74) is 0. The second-order valence-electron chi connectivity index (χ2n) is 0. The Morgan fingerprint density at radius 3 is 0.500 bits per heavy atom. The van der Waals surface area contributed by atoms with Gasteiger partial charge in [-0.1, -0.05) is 0 Å². The Balaban J connectivity index is 0. The van der Waals surface area contributed by atoms with Crippen LogP contribution in [0.25, 0.3) is 0 Å². The minimum absolute atomic E-state index is 0. The van der Waals surface area contributed by atoms with E-state index >= 15 is 0 Å². The number of rotatable bonds is 0. The van der Waals surface area contributed by atoms with Crippen LogP contribution < -0.4 is 12.3 Å². The fourth-order valence-corrected chi connectivity index (χ4v) is 0. The molecule has 4 heavy (non-hydrogen) atoms. The van der Waals surface area contributed by atoms with Crippen LogP contribution in [0.4, 0.5) is 0 Å². The molecule has 32 valence electrons. The highest BCUT2D eigenvalue weighted by atomic mass is 127. The van der Waals surface area contributed by atoms with Crippen LogP contribution in [0.5, 0.6) is 0 Å². The first-order valence-electron chi connectivity index (χ1n) is 0. The van der Waals surface area contributed by atoms with Gasteiger partial charge in [0.1, 0.15) is 0 Å². The van der Waals surface area contributed by atoms with Crippen LogP contribution in [0.2, 0.25) is 0 Å². The third kappa shape index (κ3) is 10.1. The third-order valence-corrected chi connectivity index (χ3v) is 0. The lowest BCUT2D eigenvalue weighted by molar-refractivity contribution is 2.13. The predicted molar refractivity (Wildman–Crippen MR) is 40.9 cm³/mol. The van der Waals surface area contributed by atoms with Gasteiger partial charge in [-0.3, -0.25) is 0 Å². The molecule has 0 radical (unpaired) electrons. The van der Waals surface area contributed by atoms with Gasteiger partial charge in [-0.2, -0.15) is 0 Å². The first-order chi connectivity index (χ1) is 0. The van der Waals surface area contributed by atoms with Crippen molar-refractivity contribution >= 4 is 48.0 Å². The van der Waals surface area contributed by atoms with Gasteiger partial charge in [-0.15, -0.1) is 48.0 Å². The lowest BCUT2D eigenvalue weighted by Gasteiger charge is -0.345. The highest BCUT2D eigenvalue weighted by Gasteiger charge is -0.106. The van der Waals surface area contributed by atoms with Crippen LogP contribution in [0.15, 0.2) is 0 Å². The van der Waals surface area contributed by atoms with Gasteiger partial charge < -0.3 is 12.3 Å². The Kier molecular flexibility index (Phi) is 356. The van der Waals surface area contributed by atoms with E-state index in [-0.39, 0.29) is 60.3 Å². The van der Waals surface area contributed by atoms with Crippen molar-refractivity contribution in [2.45, 2.75) is 0 Å². The Bertz CT molecular complexity index is 4.00. The van der Waals surface area contributed by atoms with Crippen molar-refractivity contribution in [3.05, 3.63) is 0 Å². The van der Waals surface area contributed by atoms with Crippen LogP contribution in [0.1, 0.15) is 0 Å². The summed E-state index contributed by atoms with van der Waals surface area (Å²) < 4.78 is 0. The van der Waals surface area contributed by atoms with E-state index in [9.17, 15) is 0 Å². The van der Waals surface area contributed by atoms with Gasteiger partial charge in [0, 0.05) is 0 Å². The second kappa shape index (κ2) is 26.3. The van der Waals surface area contributed by atoms with E-state index in [0.29, 0.717) is 0 Å². The average Bonchev–Trinajstić information content (AvgIpc) is 0. The molecular weight excluding hydrogens is 282 g/mol. The zero-order chi connectivity index (χ0) is 0. The number of hydrogen-bond donors (Lipinski definition) is 2. The summed E-state index contributed by atoms with van der Waals surface area (Å²) in [7, 11) is 0. The molecule has 2 nitrogen and oxygen atoms in total. The number of hydrogen-bond acceptors (Lipinski definition) is 2. The van der Waals surface area contributed by atoms with Crippen molar-refractivity contribution < 1.29 is 0 Å². The summed E-state index contributed by atoms with van der Waals surface area (Å²) in [5, 5.41) is 0. The Labute approximate surface area is 59.9 Å². The van der Waals surface area contributed by atoms with Gasteiger partial charge in [0.25, 0.3) is 0 Å².